The first kappa shape index (κ1) is 33.8. The Morgan fingerprint density at radius 2 is 0.855 bits per heavy atom. The molecule has 0 bridgehead atoms. The SMILES string of the molecule is CC(C)(C)c1ccc(-c2ccc(C(C)(C)C)cc2-c2ccc3c(c2)C(C)(C)c2cc(-c4ccc5c6ccccc6c6cccc7ccc4c5c76)ccc2-3)cc1. The van der Waals surface area contributed by atoms with E-state index in [4.69, 9.17) is 0 Å². The lowest BCUT2D eigenvalue weighted by Gasteiger charge is -2.25. The summed E-state index contributed by atoms with van der Waals surface area (Å²) in [7, 11) is 0. The van der Waals surface area contributed by atoms with E-state index in [9.17, 15) is 0 Å². The maximum atomic E-state index is 2.49. The number of hydrogen-bond acceptors (Lipinski definition) is 0. The molecular weight excluding hydrogens is 661 g/mol. The minimum atomic E-state index is -0.160. The molecule has 0 heterocycles. The van der Waals surface area contributed by atoms with Crippen molar-refractivity contribution >= 4 is 43.1 Å². The van der Waals surface area contributed by atoms with Crippen molar-refractivity contribution < 1.29 is 0 Å². The summed E-state index contributed by atoms with van der Waals surface area (Å²) in [5.74, 6) is 0. The van der Waals surface area contributed by atoms with Crippen LogP contribution in [0, 0.1) is 0 Å². The number of benzene rings is 9. The molecule has 0 atom stereocenters. The molecule has 268 valence electrons. The Morgan fingerprint density at radius 3 is 1.49 bits per heavy atom. The Bertz CT molecular complexity index is 2990. The van der Waals surface area contributed by atoms with Crippen molar-refractivity contribution in [3.8, 4) is 44.5 Å². The van der Waals surface area contributed by atoms with E-state index in [1.807, 2.05) is 0 Å². The molecule has 0 fully saturated rings. The first-order chi connectivity index (χ1) is 26.3. The quantitative estimate of drug-likeness (QED) is 0.127. The molecule has 0 nitrogen and oxygen atoms in total. The second-order valence-electron chi connectivity index (χ2n) is 18.6. The molecule has 10 rings (SSSR count). The van der Waals surface area contributed by atoms with Crippen LogP contribution in [0.4, 0.5) is 0 Å². The van der Waals surface area contributed by atoms with Crippen LogP contribution in [0.15, 0.2) is 146 Å². The van der Waals surface area contributed by atoms with E-state index < -0.39 is 0 Å². The summed E-state index contributed by atoms with van der Waals surface area (Å²) in [6.07, 6.45) is 0. The van der Waals surface area contributed by atoms with Crippen molar-refractivity contribution in [1.29, 1.82) is 0 Å². The van der Waals surface area contributed by atoms with E-state index in [1.54, 1.807) is 0 Å². The van der Waals surface area contributed by atoms with Gasteiger partial charge in [0.1, 0.15) is 0 Å². The molecule has 0 saturated heterocycles. The zero-order valence-electron chi connectivity index (χ0n) is 33.4. The van der Waals surface area contributed by atoms with Gasteiger partial charge in [-0.25, -0.2) is 0 Å². The summed E-state index contributed by atoms with van der Waals surface area (Å²) in [6.45, 7) is 18.6. The highest BCUT2D eigenvalue weighted by atomic mass is 14.4. The fourth-order valence-corrected chi connectivity index (χ4v) is 9.60. The van der Waals surface area contributed by atoms with Crippen molar-refractivity contribution in [3.63, 3.8) is 0 Å². The summed E-state index contributed by atoms with van der Waals surface area (Å²) in [5.41, 5.74) is 15.9. The van der Waals surface area contributed by atoms with Crippen LogP contribution in [0.5, 0.6) is 0 Å². The number of fused-ring (bicyclic) bond motifs is 6. The maximum Gasteiger partial charge on any atom is 0.0159 e. The van der Waals surface area contributed by atoms with Crippen LogP contribution in [0.25, 0.3) is 87.6 Å². The highest BCUT2D eigenvalue weighted by Crippen LogP contribution is 2.52. The number of hydrogen-bond donors (Lipinski definition) is 0. The van der Waals surface area contributed by atoms with Crippen LogP contribution < -0.4 is 0 Å². The average Bonchev–Trinajstić information content (AvgIpc) is 3.41. The van der Waals surface area contributed by atoms with Gasteiger partial charge < -0.3 is 0 Å². The standard InChI is InChI=1S/C55H48/c1-53(2,3)37-21-16-33(17-22-37)39-27-23-38(54(4,5)6)32-48(39)36-20-25-44-43-24-19-35(30-49(43)55(7,8)50(44)31-36)40-28-29-47-42-14-10-9-13-41(42)45-15-11-12-34-18-26-46(40)52(47)51(34)45/h9-32H,1-8H3. The Hall–Kier alpha value is -5.72. The Balaban J connectivity index is 1.11. The molecule has 1 aliphatic carbocycles. The molecule has 0 radical (unpaired) electrons. The van der Waals surface area contributed by atoms with Gasteiger partial charge >= 0.3 is 0 Å². The van der Waals surface area contributed by atoms with Gasteiger partial charge in [0.25, 0.3) is 0 Å². The van der Waals surface area contributed by atoms with Gasteiger partial charge in [0.15, 0.2) is 0 Å². The van der Waals surface area contributed by atoms with E-state index >= 15 is 0 Å². The fourth-order valence-electron chi connectivity index (χ4n) is 9.60. The molecular formula is C55H48. The number of rotatable bonds is 3. The molecule has 0 aromatic heterocycles. The van der Waals surface area contributed by atoms with Crippen molar-refractivity contribution in [3.05, 3.63) is 168 Å². The third kappa shape index (κ3) is 5.11. The molecule has 0 aliphatic heterocycles. The first-order valence-electron chi connectivity index (χ1n) is 19.9. The normalized spacial score (nSPS) is 14.0. The van der Waals surface area contributed by atoms with Gasteiger partial charge in [-0.1, -0.05) is 189 Å². The van der Waals surface area contributed by atoms with Crippen molar-refractivity contribution in [2.45, 2.75) is 71.6 Å². The third-order valence-corrected chi connectivity index (χ3v) is 12.8. The fraction of sp³-hybridized carbons (Fsp3) is 0.200. The first-order valence-corrected chi connectivity index (χ1v) is 19.9. The van der Waals surface area contributed by atoms with Crippen LogP contribution in [0.2, 0.25) is 0 Å². The van der Waals surface area contributed by atoms with E-state index in [0.29, 0.717) is 0 Å². The van der Waals surface area contributed by atoms with E-state index in [-0.39, 0.29) is 16.2 Å². The predicted molar refractivity (Wildman–Crippen MR) is 239 cm³/mol. The molecule has 0 spiro atoms. The summed E-state index contributed by atoms with van der Waals surface area (Å²) < 4.78 is 0. The Morgan fingerprint density at radius 1 is 0.345 bits per heavy atom. The second kappa shape index (κ2) is 11.6. The maximum absolute atomic E-state index is 2.49. The summed E-state index contributed by atoms with van der Waals surface area (Å²) >= 11 is 0. The lowest BCUT2D eigenvalue weighted by Crippen LogP contribution is -2.15. The molecule has 0 saturated carbocycles. The zero-order valence-corrected chi connectivity index (χ0v) is 33.4. The monoisotopic (exact) mass is 708 g/mol. The molecule has 9 aromatic carbocycles. The van der Waals surface area contributed by atoms with Crippen LogP contribution in [-0.2, 0) is 16.2 Å². The van der Waals surface area contributed by atoms with Crippen LogP contribution in [-0.4, -0.2) is 0 Å². The van der Waals surface area contributed by atoms with E-state index in [2.05, 4.69) is 201 Å². The van der Waals surface area contributed by atoms with E-state index in [1.165, 1.54) is 110 Å². The van der Waals surface area contributed by atoms with Gasteiger partial charge in [-0.05, 0) is 133 Å². The van der Waals surface area contributed by atoms with Crippen molar-refractivity contribution in [2.24, 2.45) is 0 Å². The molecule has 0 N–H and O–H groups in total. The predicted octanol–water partition coefficient (Wildman–Crippen LogP) is 15.6. The van der Waals surface area contributed by atoms with Crippen molar-refractivity contribution in [1.82, 2.24) is 0 Å². The van der Waals surface area contributed by atoms with Gasteiger partial charge in [0, 0.05) is 5.41 Å². The summed E-state index contributed by atoms with van der Waals surface area (Å²) in [4.78, 5) is 0. The van der Waals surface area contributed by atoms with Crippen LogP contribution in [0.3, 0.4) is 0 Å². The Kier molecular flexibility index (Phi) is 7.16. The van der Waals surface area contributed by atoms with Gasteiger partial charge in [-0.3, -0.25) is 0 Å². The van der Waals surface area contributed by atoms with Crippen LogP contribution in [0.1, 0.15) is 77.6 Å². The lowest BCUT2D eigenvalue weighted by atomic mass is 9.79. The highest BCUT2D eigenvalue weighted by molar-refractivity contribution is 6.35. The molecule has 9 aromatic rings. The van der Waals surface area contributed by atoms with Crippen molar-refractivity contribution in [2.75, 3.05) is 0 Å². The minimum Gasteiger partial charge on any atom is -0.0616 e. The molecule has 55 heavy (non-hydrogen) atoms. The summed E-state index contributed by atoms with van der Waals surface area (Å²) in [6, 6.07) is 55.9. The smallest absolute Gasteiger partial charge is 0.0159 e. The minimum absolute atomic E-state index is 0.0459. The van der Waals surface area contributed by atoms with Crippen LogP contribution >= 0.6 is 0 Å². The molecule has 1 aliphatic rings. The van der Waals surface area contributed by atoms with Gasteiger partial charge in [0.2, 0.25) is 0 Å². The molecule has 0 amide bonds. The topological polar surface area (TPSA) is 0 Å². The Labute approximate surface area is 325 Å². The third-order valence-electron chi connectivity index (χ3n) is 12.8. The second-order valence-corrected chi connectivity index (χ2v) is 18.6. The molecule has 0 unspecified atom stereocenters. The average molecular weight is 709 g/mol. The van der Waals surface area contributed by atoms with Gasteiger partial charge in [0.05, 0.1) is 0 Å². The zero-order chi connectivity index (χ0) is 38.0. The summed E-state index contributed by atoms with van der Waals surface area (Å²) in [5, 5.41) is 10.7. The van der Waals surface area contributed by atoms with Gasteiger partial charge in [-0.15, -0.1) is 0 Å². The lowest BCUT2D eigenvalue weighted by molar-refractivity contribution is 0.590. The van der Waals surface area contributed by atoms with E-state index in [0.717, 1.165) is 0 Å². The largest absolute Gasteiger partial charge is 0.0616 e. The molecule has 0 heteroatoms. The van der Waals surface area contributed by atoms with Gasteiger partial charge in [-0.2, -0.15) is 0 Å². The highest BCUT2D eigenvalue weighted by Gasteiger charge is 2.36.